The SMILES string of the molecule is CCC(OC)=C(C#N)C(=O)c1ccc(F)cc1. The van der Waals surface area contributed by atoms with E-state index in [1.807, 2.05) is 6.07 Å². The number of Topliss-reactive ketones (excluding diaryl/α,β-unsaturated/α-hetero) is 1. The van der Waals surface area contributed by atoms with Gasteiger partial charge in [-0.3, -0.25) is 4.79 Å². The zero-order chi connectivity index (χ0) is 12.8. The first kappa shape index (κ1) is 12.9. The molecule has 0 aliphatic carbocycles. The molecule has 0 bridgehead atoms. The lowest BCUT2D eigenvalue weighted by Crippen LogP contribution is -2.06. The van der Waals surface area contributed by atoms with Crippen molar-refractivity contribution < 1.29 is 13.9 Å². The number of hydrogen-bond donors (Lipinski definition) is 0. The fourth-order valence-electron chi connectivity index (χ4n) is 1.41. The van der Waals surface area contributed by atoms with Crippen LogP contribution in [0.1, 0.15) is 23.7 Å². The molecule has 4 heteroatoms. The summed E-state index contributed by atoms with van der Waals surface area (Å²) in [7, 11) is 1.41. The van der Waals surface area contributed by atoms with Gasteiger partial charge < -0.3 is 4.74 Å². The molecule has 0 aliphatic rings. The molecule has 1 aromatic carbocycles. The maximum Gasteiger partial charge on any atom is 0.206 e. The summed E-state index contributed by atoms with van der Waals surface area (Å²) in [6.07, 6.45) is 0.451. The molecule has 88 valence electrons. The minimum Gasteiger partial charge on any atom is -0.500 e. The summed E-state index contributed by atoms with van der Waals surface area (Å²) < 4.78 is 17.7. The molecular weight excluding hydrogens is 221 g/mol. The lowest BCUT2D eigenvalue weighted by atomic mass is 10.0. The van der Waals surface area contributed by atoms with Crippen molar-refractivity contribution in [2.75, 3.05) is 7.11 Å². The van der Waals surface area contributed by atoms with E-state index in [2.05, 4.69) is 0 Å². The number of ketones is 1. The van der Waals surface area contributed by atoms with Crippen LogP contribution >= 0.6 is 0 Å². The highest BCUT2D eigenvalue weighted by Crippen LogP contribution is 2.15. The minimum absolute atomic E-state index is 0.0402. The van der Waals surface area contributed by atoms with E-state index in [0.717, 1.165) is 0 Å². The third kappa shape index (κ3) is 2.91. The van der Waals surface area contributed by atoms with Crippen molar-refractivity contribution in [3.8, 4) is 6.07 Å². The minimum atomic E-state index is -0.453. The van der Waals surface area contributed by atoms with Crippen molar-refractivity contribution in [3.05, 3.63) is 47.0 Å². The number of carbonyl (C=O) groups excluding carboxylic acids is 1. The van der Waals surface area contributed by atoms with Crippen LogP contribution in [0.4, 0.5) is 4.39 Å². The number of nitrogens with zero attached hydrogens (tertiary/aromatic N) is 1. The van der Waals surface area contributed by atoms with Gasteiger partial charge in [-0.25, -0.2) is 4.39 Å². The van der Waals surface area contributed by atoms with Gasteiger partial charge in [-0.2, -0.15) is 5.26 Å². The van der Waals surface area contributed by atoms with E-state index in [4.69, 9.17) is 10.00 Å². The van der Waals surface area contributed by atoms with Crippen LogP contribution in [0, 0.1) is 17.1 Å². The second-order valence-corrected chi connectivity index (χ2v) is 3.30. The Hall–Kier alpha value is -2.15. The van der Waals surface area contributed by atoms with Crippen LogP contribution in [0.25, 0.3) is 0 Å². The number of hydrogen-bond acceptors (Lipinski definition) is 3. The number of methoxy groups -OCH3 is 1. The molecule has 17 heavy (non-hydrogen) atoms. The Morgan fingerprint density at radius 2 is 2.00 bits per heavy atom. The maximum absolute atomic E-state index is 12.7. The average molecular weight is 233 g/mol. The van der Waals surface area contributed by atoms with Gasteiger partial charge in [0.15, 0.2) is 0 Å². The molecule has 0 radical (unpaired) electrons. The topological polar surface area (TPSA) is 50.1 Å². The smallest absolute Gasteiger partial charge is 0.206 e. The Kier molecular flexibility index (Phi) is 4.41. The van der Waals surface area contributed by atoms with E-state index < -0.39 is 11.6 Å². The Balaban J connectivity index is 3.16. The van der Waals surface area contributed by atoms with Gasteiger partial charge in [0, 0.05) is 12.0 Å². The van der Waals surface area contributed by atoms with Crippen molar-refractivity contribution >= 4 is 5.78 Å². The summed E-state index contributed by atoms with van der Waals surface area (Å²) in [4.78, 5) is 12.0. The van der Waals surface area contributed by atoms with Gasteiger partial charge in [-0.15, -0.1) is 0 Å². The third-order valence-electron chi connectivity index (χ3n) is 2.29. The number of benzene rings is 1. The number of carbonyl (C=O) groups is 1. The molecule has 0 unspecified atom stereocenters. The third-order valence-corrected chi connectivity index (χ3v) is 2.29. The Bertz CT molecular complexity index is 477. The fraction of sp³-hybridized carbons (Fsp3) is 0.231. The van der Waals surface area contributed by atoms with Gasteiger partial charge >= 0.3 is 0 Å². The van der Waals surface area contributed by atoms with Crippen LogP contribution in [0.5, 0.6) is 0 Å². The van der Waals surface area contributed by atoms with Crippen molar-refractivity contribution in [2.24, 2.45) is 0 Å². The number of rotatable bonds is 4. The van der Waals surface area contributed by atoms with Crippen molar-refractivity contribution in [1.82, 2.24) is 0 Å². The summed E-state index contributed by atoms with van der Waals surface area (Å²) in [5, 5.41) is 8.96. The summed E-state index contributed by atoms with van der Waals surface area (Å²) in [5.41, 5.74) is 0.229. The second-order valence-electron chi connectivity index (χ2n) is 3.30. The monoisotopic (exact) mass is 233 g/mol. The van der Waals surface area contributed by atoms with E-state index in [-0.39, 0.29) is 11.1 Å². The van der Waals surface area contributed by atoms with E-state index >= 15 is 0 Å². The molecule has 0 heterocycles. The summed E-state index contributed by atoms with van der Waals surface area (Å²) in [6, 6.07) is 6.88. The first-order chi connectivity index (χ1) is 8.13. The maximum atomic E-state index is 12.7. The van der Waals surface area contributed by atoms with Gasteiger partial charge in [0.1, 0.15) is 23.2 Å². The van der Waals surface area contributed by atoms with E-state index in [1.165, 1.54) is 31.4 Å². The highest BCUT2D eigenvalue weighted by Gasteiger charge is 2.17. The lowest BCUT2D eigenvalue weighted by molar-refractivity contribution is 0.103. The molecule has 0 saturated carbocycles. The van der Waals surface area contributed by atoms with Crippen LogP contribution in [0.15, 0.2) is 35.6 Å². The number of halogens is 1. The normalized spacial score (nSPS) is 11.4. The lowest BCUT2D eigenvalue weighted by Gasteiger charge is -2.06. The molecule has 0 N–H and O–H groups in total. The zero-order valence-electron chi connectivity index (χ0n) is 9.66. The fourth-order valence-corrected chi connectivity index (χ4v) is 1.41. The molecule has 0 aromatic heterocycles. The summed E-state index contributed by atoms with van der Waals surface area (Å²) >= 11 is 0. The summed E-state index contributed by atoms with van der Waals surface area (Å²) in [6.45, 7) is 1.79. The van der Waals surface area contributed by atoms with E-state index in [1.54, 1.807) is 6.92 Å². The quantitative estimate of drug-likeness (QED) is 0.348. The number of nitriles is 1. The molecule has 0 spiro atoms. The highest BCUT2D eigenvalue weighted by atomic mass is 19.1. The largest absolute Gasteiger partial charge is 0.500 e. The molecule has 0 amide bonds. The Morgan fingerprint density at radius 1 is 1.41 bits per heavy atom. The molecular formula is C13H12FNO2. The predicted octanol–water partition coefficient (Wildman–Crippen LogP) is 2.84. The standard InChI is InChI=1S/C13H12FNO2/c1-3-12(17-2)11(8-15)13(16)9-4-6-10(14)7-5-9/h4-7H,3H2,1-2H3. The zero-order valence-corrected chi connectivity index (χ0v) is 9.66. The van der Waals surface area contributed by atoms with Crippen LogP contribution < -0.4 is 0 Å². The first-order valence-electron chi connectivity index (χ1n) is 5.11. The molecule has 1 rings (SSSR count). The van der Waals surface area contributed by atoms with Crippen LogP contribution in [-0.2, 0) is 4.74 Å². The molecule has 0 aliphatic heterocycles. The van der Waals surface area contributed by atoms with Gasteiger partial charge in [-0.1, -0.05) is 6.92 Å². The van der Waals surface area contributed by atoms with E-state index in [9.17, 15) is 9.18 Å². The first-order valence-corrected chi connectivity index (χ1v) is 5.11. The Morgan fingerprint density at radius 3 is 2.41 bits per heavy atom. The van der Waals surface area contributed by atoms with Crippen LogP contribution in [0.3, 0.4) is 0 Å². The average Bonchev–Trinajstić information content (AvgIpc) is 2.36. The second kappa shape index (κ2) is 5.80. The molecule has 0 atom stereocenters. The van der Waals surface area contributed by atoms with Crippen molar-refractivity contribution in [2.45, 2.75) is 13.3 Å². The van der Waals surface area contributed by atoms with Crippen molar-refractivity contribution in [1.29, 1.82) is 5.26 Å². The van der Waals surface area contributed by atoms with Crippen molar-refractivity contribution in [3.63, 3.8) is 0 Å². The van der Waals surface area contributed by atoms with Gasteiger partial charge in [-0.05, 0) is 24.3 Å². The number of ether oxygens (including phenoxy) is 1. The Labute approximate surface area is 99.1 Å². The number of allylic oxidation sites excluding steroid dienone is 2. The van der Waals surface area contributed by atoms with E-state index in [0.29, 0.717) is 12.2 Å². The predicted molar refractivity (Wildman–Crippen MR) is 60.7 cm³/mol. The highest BCUT2D eigenvalue weighted by molar-refractivity contribution is 6.11. The summed E-state index contributed by atoms with van der Waals surface area (Å²) in [5.74, 6) is -0.542. The molecule has 0 saturated heterocycles. The molecule has 3 nitrogen and oxygen atoms in total. The van der Waals surface area contributed by atoms with Gasteiger partial charge in [0.2, 0.25) is 5.78 Å². The molecule has 0 fully saturated rings. The van der Waals surface area contributed by atoms with Gasteiger partial charge in [0.05, 0.1) is 7.11 Å². The van der Waals surface area contributed by atoms with Crippen LogP contribution in [0.2, 0.25) is 0 Å². The molecule has 1 aromatic rings. The van der Waals surface area contributed by atoms with Gasteiger partial charge in [0.25, 0.3) is 0 Å². The van der Waals surface area contributed by atoms with Crippen LogP contribution in [-0.4, -0.2) is 12.9 Å².